The molecule has 0 aliphatic heterocycles. The van der Waals surface area contributed by atoms with Gasteiger partial charge in [-0.15, -0.1) is 0 Å². The van der Waals surface area contributed by atoms with Crippen LogP contribution in [0.2, 0.25) is 0 Å². The van der Waals surface area contributed by atoms with Crippen LogP contribution in [0, 0.1) is 0 Å². The molecule has 0 radical (unpaired) electrons. The van der Waals surface area contributed by atoms with E-state index in [1.54, 1.807) is 29.2 Å². The summed E-state index contributed by atoms with van der Waals surface area (Å²) >= 11 is 0. The predicted octanol–water partition coefficient (Wildman–Crippen LogP) is 5.72. The number of unbranched alkanes of at least 4 members (excludes halogenated alkanes) is 4. The number of carbonyl (C=O) groups excluding carboxylic acids is 1. The van der Waals surface area contributed by atoms with Crippen LogP contribution in [0.25, 0.3) is 11.3 Å². The van der Waals surface area contributed by atoms with E-state index in [0.717, 1.165) is 37.7 Å². The van der Waals surface area contributed by atoms with Crippen LogP contribution in [-0.2, 0) is 22.6 Å². The zero-order valence-corrected chi connectivity index (χ0v) is 23.4. The van der Waals surface area contributed by atoms with Crippen LogP contribution in [0.5, 0.6) is 5.75 Å². The average Bonchev–Trinajstić information content (AvgIpc) is 2.92. The highest BCUT2D eigenvalue weighted by atomic mass is 16.5. The van der Waals surface area contributed by atoms with E-state index in [0.29, 0.717) is 35.9 Å². The van der Waals surface area contributed by atoms with Gasteiger partial charge in [0.05, 0.1) is 5.69 Å². The molecule has 0 saturated heterocycles. The first kappa shape index (κ1) is 29.6. The van der Waals surface area contributed by atoms with Crippen molar-refractivity contribution in [3.63, 3.8) is 0 Å². The maximum atomic E-state index is 13.6. The highest BCUT2D eigenvalue weighted by molar-refractivity contribution is 5.93. The Bertz CT molecular complexity index is 1300. The van der Waals surface area contributed by atoms with Gasteiger partial charge in [-0.2, -0.15) is 0 Å². The number of hydrogen-bond acceptors (Lipinski definition) is 5. The number of amides is 1. The van der Waals surface area contributed by atoms with Crippen molar-refractivity contribution in [1.29, 1.82) is 0 Å². The monoisotopic (exact) mass is 533 g/mol. The second-order valence-corrected chi connectivity index (χ2v) is 10.1. The molecular formula is C31H39N3O5. The number of anilines is 1. The molecule has 0 unspecified atom stereocenters. The molecule has 2 aromatic carbocycles. The quantitative estimate of drug-likeness (QED) is 0.266. The van der Waals surface area contributed by atoms with Gasteiger partial charge in [0.2, 0.25) is 5.91 Å². The summed E-state index contributed by atoms with van der Waals surface area (Å²) in [5.41, 5.74) is 0.457. The molecule has 208 valence electrons. The normalized spacial score (nSPS) is 11.3. The van der Waals surface area contributed by atoms with E-state index in [9.17, 15) is 19.5 Å². The topological polar surface area (TPSA) is 102 Å². The summed E-state index contributed by atoms with van der Waals surface area (Å²) < 4.78 is 7.07. The van der Waals surface area contributed by atoms with E-state index in [4.69, 9.17) is 9.72 Å². The van der Waals surface area contributed by atoms with E-state index in [1.807, 2.05) is 37.3 Å². The fraction of sp³-hybridized carbons (Fsp3) is 0.419. The number of rotatable bonds is 14. The van der Waals surface area contributed by atoms with Gasteiger partial charge >= 0.3 is 5.97 Å². The molecule has 8 heteroatoms. The molecule has 0 bridgehead atoms. The lowest BCUT2D eigenvalue weighted by molar-refractivity contribution is -0.152. The maximum Gasteiger partial charge on any atom is 0.347 e. The predicted molar refractivity (Wildman–Crippen MR) is 153 cm³/mol. The molecule has 3 aromatic rings. The Morgan fingerprint density at radius 2 is 1.64 bits per heavy atom. The number of carbonyl (C=O) groups is 2. The van der Waals surface area contributed by atoms with Gasteiger partial charge in [-0.3, -0.25) is 14.2 Å². The van der Waals surface area contributed by atoms with Crippen LogP contribution < -0.4 is 15.2 Å². The molecule has 0 atom stereocenters. The van der Waals surface area contributed by atoms with Gasteiger partial charge in [-0.05, 0) is 44.5 Å². The standard InChI is InChI=1S/C31H39N3O5/c1-5-7-8-9-13-20-33(24-16-18-25(19-17-24)39-31(3,4)30(37)38)29(36)22-34-27(6-2)32-26(21-28(34)35)23-14-11-10-12-15-23/h10-12,14-19,21H,5-9,13,20,22H2,1-4H3,(H,37,38). The first-order valence-electron chi connectivity index (χ1n) is 13.6. The number of nitrogens with zero attached hydrogens (tertiary/aromatic N) is 3. The van der Waals surface area contributed by atoms with Gasteiger partial charge in [0.25, 0.3) is 5.56 Å². The molecule has 0 aliphatic carbocycles. The van der Waals surface area contributed by atoms with E-state index < -0.39 is 11.6 Å². The smallest absolute Gasteiger partial charge is 0.347 e. The Morgan fingerprint density at radius 3 is 2.26 bits per heavy atom. The van der Waals surface area contributed by atoms with Crippen molar-refractivity contribution in [2.24, 2.45) is 0 Å². The lowest BCUT2D eigenvalue weighted by Gasteiger charge is -2.25. The lowest BCUT2D eigenvalue weighted by atomic mass is 10.1. The molecule has 1 amide bonds. The third-order valence-corrected chi connectivity index (χ3v) is 6.59. The number of aromatic nitrogens is 2. The fourth-order valence-electron chi connectivity index (χ4n) is 4.27. The van der Waals surface area contributed by atoms with Gasteiger partial charge in [-0.1, -0.05) is 69.9 Å². The molecule has 1 aromatic heterocycles. The Balaban J connectivity index is 1.86. The van der Waals surface area contributed by atoms with Crippen LogP contribution in [0.15, 0.2) is 65.5 Å². The van der Waals surface area contributed by atoms with E-state index in [1.165, 1.54) is 24.5 Å². The lowest BCUT2D eigenvalue weighted by Crippen LogP contribution is -2.39. The number of carboxylic acids is 1. The highest BCUT2D eigenvalue weighted by Crippen LogP contribution is 2.24. The SMILES string of the molecule is CCCCCCCN(C(=O)Cn1c(CC)nc(-c2ccccc2)cc1=O)c1ccc(OC(C)(C)C(=O)O)cc1. The van der Waals surface area contributed by atoms with Crippen molar-refractivity contribution in [2.45, 2.75) is 78.4 Å². The van der Waals surface area contributed by atoms with Crippen molar-refractivity contribution < 1.29 is 19.4 Å². The number of hydrogen-bond donors (Lipinski definition) is 1. The molecule has 1 N–H and O–H groups in total. The molecule has 0 fully saturated rings. The van der Waals surface area contributed by atoms with Gasteiger partial charge in [0, 0.05) is 30.3 Å². The summed E-state index contributed by atoms with van der Waals surface area (Å²) in [6.45, 7) is 7.43. The van der Waals surface area contributed by atoms with Crippen LogP contribution in [0.4, 0.5) is 5.69 Å². The molecule has 0 saturated carbocycles. The summed E-state index contributed by atoms with van der Waals surface area (Å²) in [5, 5.41) is 9.35. The molecule has 1 heterocycles. The Kier molecular flexibility index (Phi) is 10.4. The van der Waals surface area contributed by atoms with Crippen LogP contribution in [-0.4, -0.2) is 38.7 Å². The zero-order valence-electron chi connectivity index (χ0n) is 23.4. The number of aryl methyl sites for hydroxylation is 1. The van der Waals surface area contributed by atoms with Crippen molar-refractivity contribution in [1.82, 2.24) is 9.55 Å². The summed E-state index contributed by atoms with van der Waals surface area (Å²) in [7, 11) is 0. The van der Waals surface area contributed by atoms with Gasteiger partial charge < -0.3 is 14.7 Å². The minimum Gasteiger partial charge on any atom is -0.478 e. The number of benzene rings is 2. The molecule has 39 heavy (non-hydrogen) atoms. The number of carboxylic acid groups (broad SMARTS) is 1. The van der Waals surface area contributed by atoms with Crippen molar-refractivity contribution >= 4 is 17.6 Å². The molecular weight excluding hydrogens is 494 g/mol. The summed E-state index contributed by atoms with van der Waals surface area (Å²) in [6, 6.07) is 17.8. The Morgan fingerprint density at radius 1 is 0.974 bits per heavy atom. The van der Waals surface area contributed by atoms with Gasteiger partial charge in [0.1, 0.15) is 18.1 Å². The minimum absolute atomic E-state index is 0.122. The van der Waals surface area contributed by atoms with E-state index in [-0.39, 0.29) is 18.0 Å². The van der Waals surface area contributed by atoms with E-state index in [2.05, 4.69) is 6.92 Å². The molecule has 0 aliphatic rings. The molecule has 8 nitrogen and oxygen atoms in total. The second kappa shape index (κ2) is 13.7. The summed E-state index contributed by atoms with van der Waals surface area (Å²) in [4.78, 5) is 44.6. The zero-order chi connectivity index (χ0) is 28.4. The summed E-state index contributed by atoms with van der Waals surface area (Å²) in [6.07, 6.45) is 5.71. The maximum absolute atomic E-state index is 13.6. The average molecular weight is 534 g/mol. The second-order valence-electron chi connectivity index (χ2n) is 10.1. The van der Waals surface area contributed by atoms with Crippen LogP contribution in [0.3, 0.4) is 0 Å². The largest absolute Gasteiger partial charge is 0.478 e. The Hall–Kier alpha value is -3.94. The van der Waals surface area contributed by atoms with Crippen LogP contribution >= 0.6 is 0 Å². The molecule has 3 rings (SSSR count). The fourth-order valence-corrected chi connectivity index (χ4v) is 4.27. The number of aliphatic carboxylic acids is 1. The molecule has 0 spiro atoms. The third-order valence-electron chi connectivity index (χ3n) is 6.59. The van der Waals surface area contributed by atoms with Crippen LogP contribution in [0.1, 0.15) is 65.6 Å². The van der Waals surface area contributed by atoms with Gasteiger partial charge in [-0.25, -0.2) is 9.78 Å². The van der Waals surface area contributed by atoms with Crippen molar-refractivity contribution in [2.75, 3.05) is 11.4 Å². The third kappa shape index (κ3) is 8.02. The minimum atomic E-state index is -1.38. The van der Waals surface area contributed by atoms with Crippen molar-refractivity contribution in [3.05, 3.63) is 76.8 Å². The summed E-state index contributed by atoms with van der Waals surface area (Å²) in [5.74, 6) is -0.334. The van der Waals surface area contributed by atoms with E-state index >= 15 is 0 Å². The number of ether oxygens (including phenoxy) is 1. The first-order valence-corrected chi connectivity index (χ1v) is 13.6. The van der Waals surface area contributed by atoms with Gasteiger partial charge in [0.15, 0.2) is 5.60 Å². The van der Waals surface area contributed by atoms with Crippen molar-refractivity contribution in [3.8, 4) is 17.0 Å². The Labute approximate surface area is 230 Å². The highest BCUT2D eigenvalue weighted by Gasteiger charge is 2.29. The first-order chi connectivity index (χ1) is 18.7.